The summed E-state index contributed by atoms with van der Waals surface area (Å²) in [5.41, 5.74) is 4.85. The summed E-state index contributed by atoms with van der Waals surface area (Å²) in [6.07, 6.45) is 5.93. The van der Waals surface area contributed by atoms with Gasteiger partial charge in [0.05, 0.1) is 11.7 Å². The van der Waals surface area contributed by atoms with E-state index >= 15 is 0 Å². The normalized spacial score (nSPS) is 16.7. The van der Waals surface area contributed by atoms with Crippen molar-refractivity contribution < 1.29 is 0 Å². The predicted octanol–water partition coefficient (Wildman–Crippen LogP) is 4.30. The average Bonchev–Trinajstić information content (AvgIpc) is 3.18. The van der Waals surface area contributed by atoms with Crippen molar-refractivity contribution in [2.45, 2.75) is 18.9 Å². The van der Waals surface area contributed by atoms with Crippen molar-refractivity contribution in [3.05, 3.63) is 65.4 Å². The molecule has 1 aliphatic rings. The molecule has 0 amide bonds. The van der Waals surface area contributed by atoms with Crippen LogP contribution in [0.3, 0.4) is 0 Å². The summed E-state index contributed by atoms with van der Waals surface area (Å²) in [5.74, 6) is 0. The predicted molar refractivity (Wildman–Crippen MR) is 86.5 cm³/mol. The van der Waals surface area contributed by atoms with Crippen molar-refractivity contribution in [1.82, 2.24) is 9.97 Å². The van der Waals surface area contributed by atoms with Crippen LogP contribution < -0.4 is 5.32 Å². The van der Waals surface area contributed by atoms with Gasteiger partial charge < -0.3 is 5.32 Å². The van der Waals surface area contributed by atoms with Gasteiger partial charge in [0, 0.05) is 29.0 Å². The van der Waals surface area contributed by atoms with Crippen LogP contribution in [0.4, 0.5) is 5.69 Å². The summed E-state index contributed by atoms with van der Waals surface area (Å²) in [5, 5.41) is 6.68. The van der Waals surface area contributed by atoms with Crippen LogP contribution in [0.15, 0.2) is 54.2 Å². The Morgan fingerprint density at radius 2 is 2.10 bits per heavy atom. The summed E-state index contributed by atoms with van der Waals surface area (Å²) in [6, 6.07) is 13.0. The van der Waals surface area contributed by atoms with Crippen molar-refractivity contribution in [1.29, 1.82) is 0 Å². The maximum absolute atomic E-state index is 4.54. The van der Waals surface area contributed by atoms with Gasteiger partial charge in [0.25, 0.3) is 0 Å². The molecule has 0 saturated carbocycles. The standard InChI is InChI=1S/C17H15N3S/c1-3-13(17-19-9-10-21-17)11-14(5-1)20-15-7-6-12-4-2-8-18-16(12)15/h1-5,8-11,15,20H,6-7H2. The molecule has 4 rings (SSSR count). The highest BCUT2D eigenvalue weighted by Gasteiger charge is 2.23. The van der Waals surface area contributed by atoms with E-state index in [9.17, 15) is 0 Å². The molecule has 3 aromatic rings. The van der Waals surface area contributed by atoms with E-state index in [-0.39, 0.29) is 0 Å². The van der Waals surface area contributed by atoms with Crippen LogP contribution in [0.25, 0.3) is 10.6 Å². The quantitative estimate of drug-likeness (QED) is 0.782. The number of rotatable bonds is 3. The molecule has 0 fully saturated rings. The number of nitrogens with zero attached hydrogens (tertiary/aromatic N) is 2. The SMILES string of the molecule is c1cc(NC2CCc3cccnc32)cc(-c2nccs2)c1. The zero-order valence-corrected chi connectivity index (χ0v) is 12.3. The lowest BCUT2D eigenvalue weighted by Gasteiger charge is -2.15. The summed E-state index contributed by atoms with van der Waals surface area (Å²) in [7, 11) is 0. The summed E-state index contributed by atoms with van der Waals surface area (Å²) in [6.45, 7) is 0. The molecule has 1 atom stereocenters. The Balaban J connectivity index is 1.60. The highest BCUT2D eigenvalue weighted by molar-refractivity contribution is 7.13. The van der Waals surface area contributed by atoms with Gasteiger partial charge in [-0.15, -0.1) is 11.3 Å². The topological polar surface area (TPSA) is 37.8 Å². The maximum atomic E-state index is 4.54. The molecule has 1 N–H and O–H groups in total. The summed E-state index contributed by atoms with van der Waals surface area (Å²) in [4.78, 5) is 8.91. The van der Waals surface area contributed by atoms with E-state index in [1.807, 2.05) is 23.8 Å². The van der Waals surface area contributed by atoms with E-state index < -0.39 is 0 Å². The third-order valence-electron chi connectivity index (χ3n) is 3.84. The Kier molecular flexibility index (Phi) is 3.16. The molecule has 0 bridgehead atoms. The molecule has 21 heavy (non-hydrogen) atoms. The van der Waals surface area contributed by atoms with Crippen LogP contribution in [-0.2, 0) is 6.42 Å². The van der Waals surface area contributed by atoms with E-state index in [1.165, 1.54) is 11.3 Å². The Labute approximate surface area is 127 Å². The highest BCUT2D eigenvalue weighted by Crippen LogP contribution is 2.33. The van der Waals surface area contributed by atoms with Crippen LogP contribution >= 0.6 is 11.3 Å². The van der Waals surface area contributed by atoms with Crippen LogP contribution in [0.5, 0.6) is 0 Å². The smallest absolute Gasteiger partial charge is 0.123 e. The van der Waals surface area contributed by atoms with Crippen molar-refractivity contribution in [3.63, 3.8) is 0 Å². The molecule has 4 heteroatoms. The summed E-state index contributed by atoms with van der Waals surface area (Å²) >= 11 is 1.66. The average molecular weight is 293 g/mol. The first-order chi connectivity index (χ1) is 10.4. The molecule has 1 aromatic carbocycles. The Hall–Kier alpha value is -2.20. The molecule has 2 aromatic heterocycles. The number of hydrogen-bond donors (Lipinski definition) is 1. The number of benzene rings is 1. The van der Waals surface area contributed by atoms with Gasteiger partial charge in [-0.05, 0) is 36.6 Å². The van der Waals surface area contributed by atoms with Gasteiger partial charge in [-0.25, -0.2) is 4.98 Å². The zero-order chi connectivity index (χ0) is 14.1. The number of nitrogens with one attached hydrogen (secondary N) is 1. The summed E-state index contributed by atoms with van der Waals surface area (Å²) < 4.78 is 0. The van der Waals surface area contributed by atoms with Gasteiger partial charge in [-0.3, -0.25) is 4.98 Å². The van der Waals surface area contributed by atoms with Crippen LogP contribution in [0, 0.1) is 0 Å². The lowest BCUT2D eigenvalue weighted by molar-refractivity contribution is 0.746. The number of thiazole rings is 1. The fraction of sp³-hybridized carbons (Fsp3) is 0.176. The first-order valence-electron chi connectivity index (χ1n) is 7.10. The molecule has 0 radical (unpaired) electrons. The fourth-order valence-electron chi connectivity index (χ4n) is 2.86. The number of aryl methyl sites for hydroxylation is 1. The zero-order valence-electron chi connectivity index (χ0n) is 11.5. The molecule has 2 heterocycles. The minimum Gasteiger partial charge on any atom is -0.377 e. The Bertz CT molecular complexity index is 752. The molecule has 104 valence electrons. The Morgan fingerprint density at radius 3 is 3.00 bits per heavy atom. The second-order valence-electron chi connectivity index (χ2n) is 5.20. The molecule has 1 unspecified atom stereocenters. The molecule has 3 nitrogen and oxygen atoms in total. The van der Waals surface area contributed by atoms with E-state index in [1.54, 1.807) is 11.3 Å². The molecule has 0 saturated heterocycles. The van der Waals surface area contributed by atoms with Crippen LogP contribution in [0.2, 0.25) is 0 Å². The second-order valence-corrected chi connectivity index (χ2v) is 6.10. The number of anilines is 1. The molecule has 0 aliphatic heterocycles. The number of fused-ring (bicyclic) bond motifs is 1. The first-order valence-corrected chi connectivity index (χ1v) is 7.98. The second kappa shape index (κ2) is 5.30. The van der Waals surface area contributed by atoms with E-state index in [0.29, 0.717) is 6.04 Å². The third kappa shape index (κ3) is 2.43. The van der Waals surface area contributed by atoms with Crippen molar-refractivity contribution in [2.75, 3.05) is 5.32 Å². The van der Waals surface area contributed by atoms with Crippen molar-refractivity contribution in [3.8, 4) is 10.6 Å². The third-order valence-corrected chi connectivity index (χ3v) is 4.66. The van der Waals surface area contributed by atoms with E-state index in [2.05, 4.69) is 45.6 Å². The van der Waals surface area contributed by atoms with Gasteiger partial charge in [0.2, 0.25) is 0 Å². The molecule has 0 spiro atoms. The minimum absolute atomic E-state index is 0.313. The lowest BCUT2D eigenvalue weighted by Crippen LogP contribution is -2.08. The van der Waals surface area contributed by atoms with Crippen LogP contribution in [-0.4, -0.2) is 9.97 Å². The first kappa shape index (κ1) is 12.5. The number of hydrogen-bond acceptors (Lipinski definition) is 4. The van der Waals surface area contributed by atoms with Crippen LogP contribution in [0.1, 0.15) is 23.7 Å². The largest absolute Gasteiger partial charge is 0.377 e. The molecular formula is C17H15N3S. The number of pyridine rings is 1. The number of aromatic nitrogens is 2. The van der Waals surface area contributed by atoms with Crippen molar-refractivity contribution >= 4 is 17.0 Å². The van der Waals surface area contributed by atoms with Gasteiger partial charge >= 0.3 is 0 Å². The maximum Gasteiger partial charge on any atom is 0.123 e. The van der Waals surface area contributed by atoms with Gasteiger partial charge in [-0.1, -0.05) is 18.2 Å². The van der Waals surface area contributed by atoms with E-state index in [4.69, 9.17) is 0 Å². The van der Waals surface area contributed by atoms with Gasteiger partial charge in [-0.2, -0.15) is 0 Å². The highest BCUT2D eigenvalue weighted by atomic mass is 32.1. The Morgan fingerprint density at radius 1 is 1.10 bits per heavy atom. The van der Waals surface area contributed by atoms with Crippen molar-refractivity contribution in [2.24, 2.45) is 0 Å². The van der Waals surface area contributed by atoms with Gasteiger partial charge in [0.15, 0.2) is 0 Å². The molecule has 1 aliphatic carbocycles. The van der Waals surface area contributed by atoms with Gasteiger partial charge in [0.1, 0.15) is 5.01 Å². The minimum atomic E-state index is 0.313. The monoisotopic (exact) mass is 293 g/mol. The fourth-order valence-corrected chi connectivity index (χ4v) is 3.50. The molecular weight excluding hydrogens is 278 g/mol. The van der Waals surface area contributed by atoms with E-state index in [0.717, 1.165) is 29.1 Å². The lowest BCUT2D eigenvalue weighted by atomic mass is 10.1.